The Balaban J connectivity index is 0.000000288. The monoisotopic (exact) mass is 231 g/mol. The van der Waals surface area contributed by atoms with E-state index in [2.05, 4.69) is 17.5 Å². The van der Waals surface area contributed by atoms with Crippen LogP contribution >= 0.6 is 11.3 Å². The topological polar surface area (TPSA) is 101 Å². The lowest BCUT2D eigenvalue weighted by molar-refractivity contribution is -0.159. The summed E-state index contributed by atoms with van der Waals surface area (Å²) in [4.78, 5) is 19.6. The Morgan fingerprint density at radius 3 is 2.27 bits per heavy atom. The number of carboxylic acid groups (broad SMARTS) is 2. The Labute approximate surface area is 91.2 Å². The van der Waals surface area contributed by atoms with Crippen molar-refractivity contribution in [1.82, 2.24) is 0 Å². The third kappa shape index (κ3) is 7.65. The van der Waals surface area contributed by atoms with Crippen LogP contribution in [-0.4, -0.2) is 28.7 Å². The van der Waals surface area contributed by atoms with E-state index in [1.54, 1.807) is 0 Å². The van der Waals surface area contributed by atoms with E-state index in [9.17, 15) is 0 Å². The van der Waals surface area contributed by atoms with E-state index < -0.39 is 11.9 Å². The highest BCUT2D eigenvalue weighted by molar-refractivity contribution is 7.09. The van der Waals surface area contributed by atoms with E-state index in [1.807, 2.05) is 11.3 Å². The zero-order valence-corrected chi connectivity index (χ0v) is 8.87. The summed E-state index contributed by atoms with van der Waals surface area (Å²) in [6, 6.07) is 4.23. The van der Waals surface area contributed by atoms with E-state index in [4.69, 9.17) is 25.5 Å². The average Bonchev–Trinajstić information content (AvgIpc) is 2.68. The van der Waals surface area contributed by atoms with E-state index in [0.717, 1.165) is 19.4 Å². The van der Waals surface area contributed by atoms with Crippen molar-refractivity contribution in [3.63, 3.8) is 0 Å². The van der Waals surface area contributed by atoms with Gasteiger partial charge in [-0.2, -0.15) is 0 Å². The minimum Gasteiger partial charge on any atom is -0.473 e. The van der Waals surface area contributed by atoms with Gasteiger partial charge in [-0.25, -0.2) is 9.59 Å². The van der Waals surface area contributed by atoms with Crippen molar-refractivity contribution >= 4 is 23.3 Å². The molecule has 4 N–H and O–H groups in total. The largest absolute Gasteiger partial charge is 0.473 e. The smallest absolute Gasteiger partial charge is 0.414 e. The molecule has 0 fully saturated rings. The first-order valence-electron chi connectivity index (χ1n) is 4.26. The van der Waals surface area contributed by atoms with Crippen LogP contribution in [0.4, 0.5) is 0 Å². The molecule has 0 saturated carbocycles. The molecule has 0 aliphatic rings. The van der Waals surface area contributed by atoms with Gasteiger partial charge in [0.1, 0.15) is 0 Å². The summed E-state index contributed by atoms with van der Waals surface area (Å²) in [6.07, 6.45) is 2.26. The molecule has 0 bridgehead atoms. The molecule has 1 heterocycles. The Morgan fingerprint density at radius 2 is 1.93 bits per heavy atom. The maximum absolute atomic E-state index is 9.10. The molecule has 0 spiro atoms. The van der Waals surface area contributed by atoms with Gasteiger partial charge in [0, 0.05) is 4.88 Å². The van der Waals surface area contributed by atoms with Gasteiger partial charge in [-0.1, -0.05) is 6.07 Å². The van der Waals surface area contributed by atoms with Crippen LogP contribution < -0.4 is 5.73 Å². The predicted molar refractivity (Wildman–Crippen MR) is 57.0 cm³/mol. The summed E-state index contributed by atoms with van der Waals surface area (Å²) in [6.45, 7) is 0.803. The number of thiophene rings is 1. The van der Waals surface area contributed by atoms with Crippen LogP contribution in [0.3, 0.4) is 0 Å². The van der Waals surface area contributed by atoms with Crippen molar-refractivity contribution in [3.05, 3.63) is 22.4 Å². The standard InChI is InChI=1S/C7H11NS.C2H2O4/c8-5-1-3-7-4-2-6-9-7;3-1(4)2(5)6/h2,4,6H,1,3,5,8H2;(H,3,4)(H,5,6). The van der Waals surface area contributed by atoms with E-state index in [-0.39, 0.29) is 0 Å². The SMILES string of the molecule is NCCCc1cccs1.O=C(O)C(=O)O. The second-order valence-corrected chi connectivity index (χ2v) is 3.61. The average molecular weight is 231 g/mol. The van der Waals surface area contributed by atoms with Gasteiger partial charge in [0.2, 0.25) is 0 Å². The summed E-state index contributed by atoms with van der Waals surface area (Å²) < 4.78 is 0. The Morgan fingerprint density at radius 1 is 1.33 bits per heavy atom. The molecule has 5 nitrogen and oxygen atoms in total. The Hall–Kier alpha value is -1.40. The van der Waals surface area contributed by atoms with E-state index in [1.165, 1.54) is 4.88 Å². The fourth-order valence-electron chi connectivity index (χ4n) is 0.731. The second kappa shape index (κ2) is 7.95. The number of aryl methyl sites for hydroxylation is 1. The molecule has 0 radical (unpaired) electrons. The minimum atomic E-state index is -1.82. The first kappa shape index (κ1) is 13.6. The van der Waals surface area contributed by atoms with Crippen LogP contribution in [0.1, 0.15) is 11.3 Å². The Kier molecular flexibility index (Phi) is 7.21. The fraction of sp³-hybridized carbons (Fsp3) is 0.333. The van der Waals surface area contributed by atoms with Crippen LogP contribution in [0, 0.1) is 0 Å². The zero-order valence-electron chi connectivity index (χ0n) is 8.05. The molecule has 0 amide bonds. The third-order valence-electron chi connectivity index (χ3n) is 1.39. The number of carbonyl (C=O) groups is 2. The lowest BCUT2D eigenvalue weighted by atomic mass is 10.3. The number of rotatable bonds is 3. The molecular formula is C9H13NO4S. The summed E-state index contributed by atoms with van der Waals surface area (Å²) in [5, 5.41) is 16.9. The number of hydrogen-bond acceptors (Lipinski definition) is 4. The molecule has 0 atom stereocenters. The van der Waals surface area contributed by atoms with Gasteiger partial charge in [0.05, 0.1) is 0 Å². The second-order valence-electron chi connectivity index (χ2n) is 2.58. The molecule has 1 aromatic rings. The van der Waals surface area contributed by atoms with Crippen molar-refractivity contribution in [2.45, 2.75) is 12.8 Å². The molecule has 0 aliphatic heterocycles. The molecular weight excluding hydrogens is 218 g/mol. The van der Waals surface area contributed by atoms with Gasteiger partial charge in [-0.3, -0.25) is 0 Å². The molecule has 0 saturated heterocycles. The van der Waals surface area contributed by atoms with Crippen LogP contribution in [-0.2, 0) is 16.0 Å². The normalized spacial score (nSPS) is 8.87. The van der Waals surface area contributed by atoms with Gasteiger partial charge in [0.15, 0.2) is 0 Å². The van der Waals surface area contributed by atoms with Gasteiger partial charge in [0.25, 0.3) is 0 Å². The lowest BCUT2D eigenvalue weighted by Crippen LogP contribution is -2.09. The maximum atomic E-state index is 9.10. The first-order valence-corrected chi connectivity index (χ1v) is 5.14. The summed E-state index contributed by atoms with van der Waals surface area (Å²) in [5.41, 5.74) is 5.35. The molecule has 15 heavy (non-hydrogen) atoms. The number of hydrogen-bond donors (Lipinski definition) is 3. The first-order chi connectivity index (χ1) is 7.07. The number of nitrogens with two attached hydrogens (primary N) is 1. The molecule has 0 aromatic carbocycles. The van der Waals surface area contributed by atoms with Crippen molar-refractivity contribution in [3.8, 4) is 0 Å². The molecule has 0 unspecified atom stereocenters. The van der Waals surface area contributed by atoms with Crippen LogP contribution in [0.5, 0.6) is 0 Å². The van der Waals surface area contributed by atoms with Gasteiger partial charge in [-0.15, -0.1) is 11.3 Å². The molecule has 1 aromatic heterocycles. The molecule has 0 aliphatic carbocycles. The molecule has 6 heteroatoms. The number of aliphatic carboxylic acids is 2. The van der Waals surface area contributed by atoms with E-state index >= 15 is 0 Å². The highest BCUT2D eigenvalue weighted by atomic mass is 32.1. The minimum absolute atomic E-state index is 0.803. The highest BCUT2D eigenvalue weighted by Gasteiger charge is 2.04. The van der Waals surface area contributed by atoms with Crippen LogP contribution in [0.15, 0.2) is 17.5 Å². The molecule has 84 valence electrons. The maximum Gasteiger partial charge on any atom is 0.414 e. The van der Waals surface area contributed by atoms with Crippen molar-refractivity contribution in [2.75, 3.05) is 6.54 Å². The van der Waals surface area contributed by atoms with Crippen molar-refractivity contribution < 1.29 is 19.8 Å². The summed E-state index contributed by atoms with van der Waals surface area (Å²) in [7, 11) is 0. The van der Waals surface area contributed by atoms with Gasteiger partial charge >= 0.3 is 11.9 Å². The zero-order chi connectivity index (χ0) is 11.7. The van der Waals surface area contributed by atoms with Gasteiger partial charge < -0.3 is 15.9 Å². The summed E-state index contributed by atoms with van der Waals surface area (Å²) in [5.74, 6) is -3.65. The lowest BCUT2D eigenvalue weighted by Gasteiger charge is -1.90. The highest BCUT2D eigenvalue weighted by Crippen LogP contribution is 2.09. The number of carboxylic acids is 2. The quantitative estimate of drug-likeness (QED) is 0.668. The van der Waals surface area contributed by atoms with Gasteiger partial charge in [-0.05, 0) is 30.8 Å². The van der Waals surface area contributed by atoms with Crippen molar-refractivity contribution in [2.24, 2.45) is 5.73 Å². The molecule has 1 rings (SSSR count). The Bertz CT molecular complexity index is 285. The van der Waals surface area contributed by atoms with Crippen molar-refractivity contribution in [1.29, 1.82) is 0 Å². The van der Waals surface area contributed by atoms with Crippen LogP contribution in [0.2, 0.25) is 0 Å². The predicted octanol–water partition coefficient (Wildman–Crippen LogP) is 0.795. The fourth-order valence-corrected chi connectivity index (χ4v) is 1.48. The van der Waals surface area contributed by atoms with E-state index in [0.29, 0.717) is 0 Å². The summed E-state index contributed by atoms with van der Waals surface area (Å²) >= 11 is 1.81. The van der Waals surface area contributed by atoms with Crippen LogP contribution in [0.25, 0.3) is 0 Å². The third-order valence-corrected chi connectivity index (χ3v) is 2.33.